The van der Waals surface area contributed by atoms with Crippen LogP contribution < -0.4 is 4.74 Å². The van der Waals surface area contributed by atoms with Crippen LogP contribution in [0.4, 0.5) is 0 Å². The monoisotopic (exact) mass is 644 g/mol. The maximum Gasteiger partial charge on any atom is 0.226 e. The van der Waals surface area contributed by atoms with Crippen LogP contribution in [-0.4, -0.2) is 57.8 Å². The molecule has 0 radical (unpaired) electrons. The minimum Gasteiger partial charge on any atom is -0.494 e. The smallest absolute Gasteiger partial charge is 0.226 e. The quantitative estimate of drug-likeness (QED) is 0.174. The van der Waals surface area contributed by atoms with E-state index in [1.165, 1.54) is 16.0 Å². The zero-order chi connectivity index (χ0) is 33.0. The van der Waals surface area contributed by atoms with Crippen LogP contribution in [0, 0.1) is 30.1 Å². The zero-order valence-electron chi connectivity index (χ0n) is 27.8. The molecule has 1 saturated heterocycles. The number of β-amino-alcohol motifs (C(OH)–C–C–N with tert-alkyl or cyclic N) is 1. The Labute approximate surface area is 277 Å². The number of Topliss-reactive ketones (excluding diaryl/α,β-unsaturated/α-hetero) is 2. The third kappa shape index (κ3) is 7.77. The van der Waals surface area contributed by atoms with E-state index in [1.54, 1.807) is 28.4 Å². The summed E-state index contributed by atoms with van der Waals surface area (Å²) in [5.74, 6) is 0.721. The van der Waals surface area contributed by atoms with E-state index >= 15 is 0 Å². The van der Waals surface area contributed by atoms with Crippen LogP contribution in [0.25, 0.3) is 10.4 Å². The van der Waals surface area contributed by atoms with E-state index in [1.807, 2.05) is 45.3 Å². The van der Waals surface area contributed by atoms with Crippen molar-refractivity contribution in [3.8, 4) is 16.2 Å². The summed E-state index contributed by atoms with van der Waals surface area (Å²) in [4.78, 5) is 47.7. The van der Waals surface area contributed by atoms with Crippen LogP contribution in [0.5, 0.6) is 5.75 Å². The number of aromatic nitrogens is 1. The second-order valence-corrected chi connectivity index (χ2v) is 14.5. The molecule has 1 amide bonds. The van der Waals surface area contributed by atoms with Crippen LogP contribution in [-0.2, 0) is 16.0 Å². The maximum atomic E-state index is 13.8. The van der Waals surface area contributed by atoms with E-state index in [4.69, 9.17) is 4.74 Å². The molecule has 3 aromatic rings. The molecule has 1 aliphatic heterocycles. The molecule has 1 N–H and O–H groups in total. The summed E-state index contributed by atoms with van der Waals surface area (Å²) in [6.07, 6.45) is 3.58. The number of benzene rings is 2. The number of rotatable bonds is 15. The molecule has 1 aliphatic carbocycles. The van der Waals surface area contributed by atoms with E-state index < -0.39 is 12.1 Å². The van der Waals surface area contributed by atoms with Gasteiger partial charge in [-0.25, -0.2) is 4.98 Å². The van der Waals surface area contributed by atoms with Crippen molar-refractivity contribution in [2.75, 3.05) is 13.2 Å². The number of carbonyl (C=O) groups is 3. The van der Waals surface area contributed by atoms with Crippen LogP contribution >= 0.6 is 11.3 Å². The summed E-state index contributed by atoms with van der Waals surface area (Å²) in [5.41, 5.74) is 5.89. The number of aliphatic hydroxyl groups excluding tert-OH is 1. The number of hydrogen-bond donors (Lipinski definition) is 1. The Kier molecular flexibility index (Phi) is 10.8. The Morgan fingerprint density at radius 3 is 2.59 bits per heavy atom. The van der Waals surface area contributed by atoms with Gasteiger partial charge in [-0.3, -0.25) is 14.4 Å². The van der Waals surface area contributed by atoms with Crippen LogP contribution in [0.3, 0.4) is 0 Å². The van der Waals surface area contributed by atoms with Crippen molar-refractivity contribution in [3.05, 3.63) is 70.9 Å². The van der Waals surface area contributed by atoms with Gasteiger partial charge in [-0.15, -0.1) is 11.3 Å². The predicted octanol–water partition coefficient (Wildman–Crippen LogP) is 7.33. The Morgan fingerprint density at radius 2 is 1.91 bits per heavy atom. The number of ketones is 2. The van der Waals surface area contributed by atoms with Crippen molar-refractivity contribution in [1.29, 1.82) is 0 Å². The largest absolute Gasteiger partial charge is 0.494 e. The van der Waals surface area contributed by atoms with Crippen molar-refractivity contribution < 1.29 is 24.2 Å². The topological polar surface area (TPSA) is 96.8 Å². The van der Waals surface area contributed by atoms with Gasteiger partial charge >= 0.3 is 0 Å². The molecule has 1 aromatic heterocycles. The van der Waals surface area contributed by atoms with E-state index in [0.717, 1.165) is 25.0 Å². The predicted molar refractivity (Wildman–Crippen MR) is 182 cm³/mol. The number of nitrogens with zero attached hydrogens (tertiary/aromatic N) is 2. The Morgan fingerprint density at radius 1 is 1.15 bits per heavy atom. The van der Waals surface area contributed by atoms with Gasteiger partial charge in [0.05, 0.1) is 34.8 Å². The number of hydrogen-bond acceptors (Lipinski definition) is 7. The van der Waals surface area contributed by atoms with Gasteiger partial charge in [0.2, 0.25) is 5.91 Å². The SMILES string of the molecule is CCOc1cccc(C(=O)CCC(CC)C(C)C(=O)N2CC(O)CC2C(=O)CC2(C)CC2Cc2ccc(-c3scnc3C)cc2)c1. The molecule has 2 aromatic carbocycles. The summed E-state index contributed by atoms with van der Waals surface area (Å²) in [7, 11) is 0. The third-order valence-electron chi connectivity index (χ3n) is 10.3. The second-order valence-electron chi connectivity index (χ2n) is 13.6. The third-order valence-corrected chi connectivity index (χ3v) is 11.3. The summed E-state index contributed by atoms with van der Waals surface area (Å²) < 4.78 is 5.54. The standard InChI is InChI=1S/C38H48N2O5S/c1-6-27(15-16-34(42)29-9-8-10-32(18-29)45-7-2)24(3)37(44)40-22-31(41)19-33(40)35(43)21-38(5)20-30(38)17-26-11-13-28(14-12-26)36-25(4)39-23-46-36/h8-14,18,23-24,27,30-31,33,41H,6-7,15-17,19-22H2,1-5H3. The van der Waals surface area contributed by atoms with Crippen LogP contribution in [0.15, 0.2) is 54.0 Å². The van der Waals surface area contributed by atoms with Gasteiger partial charge in [0.25, 0.3) is 0 Å². The highest BCUT2D eigenvalue weighted by Gasteiger charge is 2.52. The van der Waals surface area contributed by atoms with Crippen molar-refractivity contribution in [2.45, 2.75) is 91.7 Å². The minimum atomic E-state index is -0.701. The molecule has 8 heteroatoms. The van der Waals surface area contributed by atoms with E-state index in [0.29, 0.717) is 49.5 Å². The number of carbonyl (C=O) groups excluding carboxylic acids is 3. The molecule has 6 atom stereocenters. The fourth-order valence-electron chi connectivity index (χ4n) is 7.23. The lowest BCUT2D eigenvalue weighted by molar-refractivity contribution is -0.142. The van der Waals surface area contributed by atoms with Crippen molar-refractivity contribution in [2.24, 2.45) is 23.2 Å². The molecule has 7 nitrogen and oxygen atoms in total. The molecule has 0 spiro atoms. The molecule has 2 heterocycles. The zero-order valence-corrected chi connectivity index (χ0v) is 28.6. The molecule has 46 heavy (non-hydrogen) atoms. The first-order valence-electron chi connectivity index (χ1n) is 16.8. The van der Waals surface area contributed by atoms with E-state index in [-0.39, 0.29) is 41.3 Å². The van der Waals surface area contributed by atoms with Crippen molar-refractivity contribution >= 4 is 28.8 Å². The normalized spacial score (nSPS) is 23.6. The number of likely N-dealkylation sites (tertiary alicyclic amines) is 1. The van der Waals surface area contributed by atoms with E-state index in [9.17, 15) is 19.5 Å². The Balaban J connectivity index is 1.15. The molecular weight excluding hydrogens is 596 g/mol. The molecule has 0 bridgehead atoms. The lowest BCUT2D eigenvalue weighted by Gasteiger charge is -2.30. The first-order chi connectivity index (χ1) is 22.0. The average Bonchev–Trinajstić information content (AvgIpc) is 3.32. The van der Waals surface area contributed by atoms with Gasteiger partial charge in [-0.2, -0.15) is 0 Å². The number of ether oxygens (including phenoxy) is 1. The van der Waals surface area contributed by atoms with Gasteiger partial charge < -0.3 is 14.7 Å². The summed E-state index contributed by atoms with van der Waals surface area (Å²) in [6, 6.07) is 15.3. The van der Waals surface area contributed by atoms with E-state index in [2.05, 4.69) is 36.2 Å². The molecule has 6 unspecified atom stereocenters. The highest BCUT2D eigenvalue weighted by atomic mass is 32.1. The molecule has 2 aliphatic rings. The highest BCUT2D eigenvalue weighted by molar-refractivity contribution is 7.13. The summed E-state index contributed by atoms with van der Waals surface area (Å²) in [5, 5.41) is 10.6. The van der Waals surface area contributed by atoms with Gasteiger partial charge in [0.15, 0.2) is 11.6 Å². The van der Waals surface area contributed by atoms with Gasteiger partial charge in [0.1, 0.15) is 5.75 Å². The van der Waals surface area contributed by atoms with Crippen LogP contribution in [0.1, 0.15) is 87.8 Å². The number of amides is 1. The minimum absolute atomic E-state index is 0.00303. The number of thiazole rings is 1. The van der Waals surface area contributed by atoms with Gasteiger partial charge in [0, 0.05) is 37.3 Å². The van der Waals surface area contributed by atoms with Crippen LogP contribution in [0.2, 0.25) is 0 Å². The first kappa shape index (κ1) is 34.0. The fraction of sp³-hybridized carbons (Fsp3) is 0.526. The number of aliphatic hydroxyl groups is 1. The lowest BCUT2D eigenvalue weighted by Crippen LogP contribution is -2.45. The second kappa shape index (κ2) is 14.6. The van der Waals surface area contributed by atoms with Crippen molar-refractivity contribution in [1.82, 2.24) is 9.88 Å². The molecule has 246 valence electrons. The van der Waals surface area contributed by atoms with Gasteiger partial charge in [-0.05, 0) is 73.6 Å². The number of aryl methyl sites for hydroxylation is 1. The first-order valence-corrected chi connectivity index (χ1v) is 17.7. The maximum absolute atomic E-state index is 13.8. The molecule has 1 saturated carbocycles. The Hall–Kier alpha value is -3.36. The van der Waals surface area contributed by atoms with Gasteiger partial charge in [-0.1, -0.05) is 63.6 Å². The summed E-state index contributed by atoms with van der Waals surface area (Å²) in [6.45, 7) is 10.8. The molecule has 2 fully saturated rings. The molecular formula is C38H48N2O5S. The lowest BCUT2D eigenvalue weighted by atomic mass is 9.85. The molecule has 5 rings (SSSR count). The fourth-order valence-corrected chi connectivity index (χ4v) is 8.04. The highest BCUT2D eigenvalue weighted by Crippen LogP contribution is 2.57. The Bertz CT molecular complexity index is 1530. The van der Waals surface area contributed by atoms with Crippen molar-refractivity contribution in [3.63, 3.8) is 0 Å². The average molecular weight is 645 g/mol. The summed E-state index contributed by atoms with van der Waals surface area (Å²) >= 11 is 1.65.